The molecule has 2 N–H and O–H groups in total. The number of rotatable bonds is 5. The zero-order chi connectivity index (χ0) is 19.3. The zero-order valence-corrected chi connectivity index (χ0v) is 14.0. The smallest absolute Gasteiger partial charge is 0.325 e. The molecule has 2 aromatic carbocycles. The number of carbonyl (C=O) groups is 2. The van der Waals surface area contributed by atoms with Gasteiger partial charge in [0, 0.05) is 17.8 Å². The first-order valence-electron chi connectivity index (χ1n) is 7.51. The maximum absolute atomic E-state index is 13.2. The fourth-order valence-electron chi connectivity index (χ4n) is 2.17. The van der Waals surface area contributed by atoms with Crippen LogP contribution in [0.4, 0.5) is 20.6 Å². The molecule has 0 heterocycles. The van der Waals surface area contributed by atoms with E-state index in [0.29, 0.717) is 5.69 Å². The standard InChI is InChI=1S/C17H16FN3O5/c1-10-3-5-13(11(2)7-10)19-17(23)20-16(22)9-26-15-8-12(18)4-6-14(15)21(24)25/h3-8H,9H2,1-2H3,(H2,19,20,22,23). The third-order valence-corrected chi connectivity index (χ3v) is 3.36. The van der Waals surface area contributed by atoms with Gasteiger partial charge in [0.15, 0.2) is 6.61 Å². The van der Waals surface area contributed by atoms with Crippen LogP contribution in [0.15, 0.2) is 36.4 Å². The Morgan fingerprint density at radius 1 is 1.19 bits per heavy atom. The molecule has 3 amide bonds. The van der Waals surface area contributed by atoms with Crippen molar-refractivity contribution in [2.24, 2.45) is 0 Å². The number of ether oxygens (including phenoxy) is 1. The van der Waals surface area contributed by atoms with Gasteiger partial charge in [0.25, 0.3) is 5.91 Å². The Bertz CT molecular complexity index is 869. The molecule has 0 aliphatic rings. The number of imide groups is 1. The summed E-state index contributed by atoms with van der Waals surface area (Å²) in [5.41, 5.74) is 1.88. The van der Waals surface area contributed by atoms with Crippen LogP contribution >= 0.6 is 0 Å². The average Bonchev–Trinajstić information content (AvgIpc) is 2.55. The van der Waals surface area contributed by atoms with E-state index in [1.807, 2.05) is 18.3 Å². The fourth-order valence-corrected chi connectivity index (χ4v) is 2.17. The van der Waals surface area contributed by atoms with Gasteiger partial charge < -0.3 is 10.1 Å². The number of urea groups is 1. The van der Waals surface area contributed by atoms with Crippen LogP contribution in [0.3, 0.4) is 0 Å². The van der Waals surface area contributed by atoms with Gasteiger partial charge in [-0.1, -0.05) is 17.7 Å². The lowest BCUT2D eigenvalue weighted by atomic mass is 10.1. The molecular weight excluding hydrogens is 345 g/mol. The minimum Gasteiger partial charge on any atom is -0.477 e. The molecule has 136 valence electrons. The lowest BCUT2D eigenvalue weighted by Gasteiger charge is -2.10. The summed E-state index contributed by atoms with van der Waals surface area (Å²) in [6, 6.07) is 7.21. The van der Waals surface area contributed by atoms with Crippen molar-refractivity contribution >= 4 is 23.3 Å². The van der Waals surface area contributed by atoms with E-state index in [-0.39, 0.29) is 0 Å². The first-order valence-corrected chi connectivity index (χ1v) is 7.51. The lowest BCUT2D eigenvalue weighted by molar-refractivity contribution is -0.385. The zero-order valence-electron chi connectivity index (χ0n) is 14.0. The van der Waals surface area contributed by atoms with Gasteiger partial charge in [-0.2, -0.15) is 0 Å². The van der Waals surface area contributed by atoms with E-state index in [0.717, 1.165) is 29.3 Å². The van der Waals surface area contributed by atoms with Crippen molar-refractivity contribution in [2.45, 2.75) is 13.8 Å². The van der Waals surface area contributed by atoms with Crippen LogP contribution in [-0.4, -0.2) is 23.5 Å². The number of nitro benzene ring substituents is 1. The number of nitrogens with one attached hydrogen (secondary N) is 2. The van der Waals surface area contributed by atoms with Crippen LogP contribution < -0.4 is 15.4 Å². The van der Waals surface area contributed by atoms with Gasteiger partial charge in [-0.3, -0.25) is 20.2 Å². The van der Waals surface area contributed by atoms with E-state index in [2.05, 4.69) is 5.32 Å². The molecule has 2 rings (SSSR count). The number of benzene rings is 2. The summed E-state index contributed by atoms with van der Waals surface area (Å²) in [5, 5.41) is 15.4. The summed E-state index contributed by atoms with van der Waals surface area (Å²) in [5.74, 6) is -2.00. The van der Waals surface area contributed by atoms with E-state index in [1.54, 1.807) is 19.1 Å². The lowest BCUT2D eigenvalue weighted by Crippen LogP contribution is -2.37. The molecule has 0 spiro atoms. The molecule has 0 atom stereocenters. The van der Waals surface area contributed by atoms with Crippen molar-refractivity contribution < 1.29 is 23.6 Å². The molecule has 0 unspecified atom stereocenters. The molecular formula is C17H16FN3O5. The molecule has 0 aliphatic carbocycles. The van der Waals surface area contributed by atoms with Crippen molar-refractivity contribution in [3.05, 3.63) is 63.5 Å². The number of nitrogens with zero attached hydrogens (tertiary/aromatic N) is 1. The quantitative estimate of drug-likeness (QED) is 0.628. The molecule has 8 nitrogen and oxygen atoms in total. The number of halogens is 1. The van der Waals surface area contributed by atoms with Crippen molar-refractivity contribution in [1.29, 1.82) is 0 Å². The average molecular weight is 361 g/mol. The highest BCUT2D eigenvalue weighted by molar-refractivity contribution is 6.01. The highest BCUT2D eigenvalue weighted by atomic mass is 19.1. The number of anilines is 1. The second kappa shape index (κ2) is 8.06. The predicted octanol–water partition coefficient (Wildman–Crippen LogP) is 3.08. The van der Waals surface area contributed by atoms with Crippen molar-refractivity contribution in [1.82, 2.24) is 5.32 Å². The topological polar surface area (TPSA) is 111 Å². The first-order chi connectivity index (χ1) is 12.3. The van der Waals surface area contributed by atoms with Gasteiger partial charge in [0.2, 0.25) is 5.75 Å². The van der Waals surface area contributed by atoms with Gasteiger partial charge in [0.1, 0.15) is 5.82 Å². The SMILES string of the molecule is Cc1ccc(NC(=O)NC(=O)COc2cc(F)ccc2[N+](=O)[O-])c(C)c1. The second-order valence-electron chi connectivity index (χ2n) is 5.48. The summed E-state index contributed by atoms with van der Waals surface area (Å²) >= 11 is 0. The van der Waals surface area contributed by atoms with Crippen LogP contribution in [-0.2, 0) is 4.79 Å². The predicted molar refractivity (Wildman–Crippen MR) is 91.6 cm³/mol. The third-order valence-electron chi connectivity index (χ3n) is 3.36. The molecule has 0 saturated carbocycles. The van der Waals surface area contributed by atoms with Crippen LogP contribution in [0.5, 0.6) is 5.75 Å². The van der Waals surface area contributed by atoms with Crippen LogP contribution in [0.2, 0.25) is 0 Å². The van der Waals surface area contributed by atoms with Gasteiger partial charge in [-0.05, 0) is 31.5 Å². The Morgan fingerprint density at radius 3 is 2.58 bits per heavy atom. The Hall–Kier alpha value is -3.49. The summed E-state index contributed by atoms with van der Waals surface area (Å²) in [6.45, 7) is 3.02. The summed E-state index contributed by atoms with van der Waals surface area (Å²) in [4.78, 5) is 33.7. The Labute approximate surface area is 148 Å². The number of hydrogen-bond acceptors (Lipinski definition) is 5. The molecule has 0 radical (unpaired) electrons. The second-order valence-corrected chi connectivity index (χ2v) is 5.48. The van der Waals surface area contributed by atoms with E-state index in [1.165, 1.54) is 0 Å². The van der Waals surface area contributed by atoms with E-state index >= 15 is 0 Å². The molecule has 0 bridgehead atoms. The molecule has 2 aromatic rings. The van der Waals surface area contributed by atoms with Crippen LogP contribution in [0.25, 0.3) is 0 Å². The highest BCUT2D eigenvalue weighted by Crippen LogP contribution is 2.27. The fraction of sp³-hybridized carbons (Fsp3) is 0.176. The summed E-state index contributed by atoms with van der Waals surface area (Å²) in [6.07, 6.45) is 0. The number of hydrogen-bond donors (Lipinski definition) is 2. The molecule has 26 heavy (non-hydrogen) atoms. The summed E-state index contributed by atoms with van der Waals surface area (Å²) in [7, 11) is 0. The maximum atomic E-state index is 13.2. The van der Waals surface area contributed by atoms with Crippen LogP contribution in [0, 0.1) is 29.8 Å². The maximum Gasteiger partial charge on any atom is 0.325 e. The number of amides is 3. The van der Waals surface area contributed by atoms with Crippen molar-refractivity contribution in [3.8, 4) is 5.75 Å². The first kappa shape index (κ1) is 18.8. The Balaban J connectivity index is 1.94. The normalized spacial score (nSPS) is 10.1. The minimum absolute atomic E-state index is 0.403. The summed E-state index contributed by atoms with van der Waals surface area (Å²) < 4.78 is 18.1. The van der Waals surface area contributed by atoms with Gasteiger partial charge in [0.05, 0.1) is 4.92 Å². The number of aryl methyl sites for hydroxylation is 2. The Kier molecular flexibility index (Phi) is 5.84. The monoisotopic (exact) mass is 361 g/mol. The highest BCUT2D eigenvalue weighted by Gasteiger charge is 2.18. The van der Waals surface area contributed by atoms with Gasteiger partial charge >= 0.3 is 11.7 Å². The molecule has 0 aliphatic heterocycles. The Morgan fingerprint density at radius 2 is 1.92 bits per heavy atom. The van der Waals surface area contributed by atoms with E-state index < -0.39 is 40.7 Å². The number of carbonyl (C=O) groups excluding carboxylic acids is 2. The van der Waals surface area contributed by atoms with Gasteiger partial charge in [-0.15, -0.1) is 0 Å². The van der Waals surface area contributed by atoms with Gasteiger partial charge in [-0.25, -0.2) is 9.18 Å². The van der Waals surface area contributed by atoms with E-state index in [4.69, 9.17) is 4.74 Å². The van der Waals surface area contributed by atoms with E-state index in [9.17, 15) is 24.1 Å². The minimum atomic E-state index is -0.842. The molecule has 0 fully saturated rings. The van der Waals surface area contributed by atoms with Crippen molar-refractivity contribution in [3.63, 3.8) is 0 Å². The van der Waals surface area contributed by atoms with Crippen LogP contribution in [0.1, 0.15) is 11.1 Å². The van der Waals surface area contributed by atoms with Crippen molar-refractivity contribution in [2.75, 3.05) is 11.9 Å². The molecule has 0 saturated heterocycles. The molecule has 0 aromatic heterocycles. The number of nitro groups is 1. The molecule has 9 heteroatoms. The third kappa shape index (κ3) is 5.00. The largest absolute Gasteiger partial charge is 0.477 e.